The Hall–Kier alpha value is -1.20. The highest BCUT2D eigenvalue weighted by Gasteiger charge is 2.08. The van der Waals surface area contributed by atoms with Crippen LogP contribution in [0.15, 0.2) is 23.1 Å². The van der Waals surface area contributed by atoms with Crippen molar-refractivity contribution >= 4 is 0 Å². The lowest BCUT2D eigenvalue weighted by atomic mass is 10.4. The summed E-state index contributed by atoms with van der Waals surface area (Å²) in [6, 6.07) is 3.12. The Morgan fingerprint density at radius 3 is 2.62 bits per heavy atom. The second-order valence-corrected chi connectivity index (χ2v) is 3.21. The zero-order valence-corrected chi connectivity index (χ0v) is 9.76. The first-order valence-corrected chi connectivity index (χ1v) is 5.53. The van der Waals surface area contributed by atoms with Crippen molar-refractivity contribution in [3.63, 3.8) is 0 Å². The largest absolute Gasteiger partial charge is 0.353 e. The molecule has 0 aliphatic rings. The predicted octanol–water partition coefficient (Wildman–Crippen LogP) is 1.03. The Morgan fingerprint density at radius 1 is 1.38 bits per heavy atom. The van der Waals surface area contributed by atoms with Crippen molar-refractivity contribution in [2.45, 2.75) is 33.1 Å². The zero-order chi connectivity index (χ0) is 11.8. The van der Waals surface area contributed by atoms with Gasteiger partial charge in [-0.3, -0.25) is 4.79 Å². The van der Waals surface area contributed by atoms with Crippen LogP contribution >= 0.6 is 0 Å². The van der Waals surface area contributed by atoms with E-state index in [-0.39, 0.29) is 11.8 Å². The van der Waals surface area contributed by atoms with E-state index < -0.39 is 0 Å². The molecule has 0 aromatic carbocycles. The van der Waals surface area contributed by atoms with Crippen molar-refractivity contribution in [2.75, 3.05) is 13.2 Å². The van der Waals surface area contributed by atoms with Crippen LogP contribution in [0.25, 0.3) is 0 Å². The first-order chi connectivity index (χ1) is 7.77. The van der Waals surface area contributed by atoms with E-state index in [1.807, 2.05) is 13.8 Å². The summed E-state index contributed by atoms with van der Waals surface area (Å²) in [5.41, 5.74) is -0.103. The maximum atomic E-state index is 11.4. The van der Waals surface area contributed by atoms with Gasteiger partial charge in [0.2, 0.25) is 0 Å². The van der Waals surface area contributed by atoms with Gasteiger partial charge in [0.1, 0.15) is 0 Å². The highest BCUT2D eigenvalue weighted by atomic mass is 16.7. The summed E-state index contributed by atoms with van der Waals surface area (Å²) in [5.74, 6) is 0. The van der Waals surface area contributed by atoms with E-state index in [1.54, 1.807) is 12.3 Å². The molecule has 0 radical (unpaired) electrons. The van der Waals surface area contributed by atoms with Crippen molar-refractivity contribution in [3.8, 4) is 0 Å². The molecule has 0 bridgehead atoms. The van der Waals surface area contributed by atoms with E-state index >= 15 is 0 Å². The van der Waals surface area contributed by atoms with Gasteiger partial charge in [-0.25, -0.2) is 4.68 Å². The van der Waals surface area contributed by atoms with Gasteiger partial charge in [0.15, 0.2) is 6.29 Å². The van der Waals surface area contributed by atoms with Crippen LogP contribution in [0.4, 0.5) is 0 Å². The van der Waals surface area contributed by atoms with Gasteiger partial charge >= 0.3 is 0 Å². The van der Waals surface area contributed by atoms with E-state index in [1.165, 1.54) is 10.7 Å². The molecule has 0 spiro atoms. The lowest BCUT2D eigenvalue weighted by Crippen LogP contribution is -2.26. The molecular formula is C11H18N2O3. The molecule has 0 aliphatic carbocycles. The van der Waals surface area contributed by atoms with Gasteiger partial charge in [-0.05, 0) is 19.9 Å². The SMILES string of the molecule is CCOC(CCn1ncccc1=O)OCC. The quantitative estimate of drug-likeness (QED) is 0.652. The first kappa shape index (κ1) is 12.9. The summed E-state index contributed by atoms with van der Waals surface area (Å²) in [6.07, 6.45) is 1.96. The molecular weight excluding hydrogens is 208 g/mol. The maximum Gasteiger partial charge on any atom is 0.266 e. The predicted molar refractivity (Wildman–Crippen MR) is 60.2 cm³/mol. The first-order valence-electron chi connectivity index (χ1n) is 5.53. The molecule has 0 saturated heterocycles. The number of nitrogens with zero attached hydrogens (tertiary/aromatic N) is 2. The topological polar surface area (TPSA) is 53.4 Å². The highest BCUT2D eigenvalue weighted by molar-refractivity contribution is 4.84. The molecule has 90 valence electrons. The van der Waals surface area contributed by atoms with Gasteiger partial charge in [-0.1, -0.05) is 0 Å². The lowest BCUT2D eigenvalue weighted by Gasteiger charge is -2.16. The Balaban J connectivity index is 2.48. The van der Waals surface area contributed by atoms with Gasteiger partial charge in [0.05, 0.1) is 0 Å². The third kappa shape index (κ3) is 4.12. The van der Waals surface area contributed by atoms with Crippen molar-refractivity contribution in [1.29, 1.82) is 0 Å². The summed E-state index contributed by atoms with van der Waals surface area (Å²) in [5, 5.41) is 3.96. The molecule has 0 N–H and O–H groups in total. The van der Waals surface area contributed by atoms with Crippen LogP contribution < -0.4 is 5.56 Å². The number of hydrogen-bond donors (Lipinski definition) is 0. The molecule has 5 heteroatoms. The van der Waals surface area contributed by atoms with Crippen LogP contribution in [0.5, 0.6) is 0 Å². The average molecular weight is 226 g/mol. The highest BCUT2D eigenvalue weighted by Crippen LogP contribution is 2.01. The summed E-state index contributed by atoms with van der Waals surface area (Å²) in [6.45, 7) is 5.53. The summed E-state index contributed by atoms with van der Waals surface area (Å²) < 4.78 is 12.2. The monoisotopic (exact) mass is 226 g/mol. The molecule has 5 nitrogen and oxygen atoms in total. The fourth-order valence-electron chi connectivity index (χ4n) is 1.37. The second-order valence-electron chi connectivity index (χ2n) is 3.21. The minimum absolute atomic E-state index is 0.103. The molecule has 1 heterocycles. The van der Waals surface area contributed by atoms with Gasteiger partial charge in [0, 0.05) is 38.4 Å². The van der Waals surface area contributed by atoms with Gasteiger partial charge in [0.25, 0.3) is 5.56 Å². The second kappa shape index (κ2) is 7.14. The van der Waals surface area contributed by atoms with Crippen LogP contribution in [0.1, 0.15) is 20.3 Å². The standard InChI is InChI=1S/C11H18N2O3/c1-3-15-11(16-4-2)7-9-13-10(14)6-5-8-12-13/h5-6,8,11H,3-4,7,9H2,1-2H3. The van der Waals surface area contributed by atoms with Crippen molar-refractivity contribution in [3.05, 3.63) is 28.7 Å². The smallest absolute Gasteiger partial charge is 0.266 e. The van der Waals surface area contributed by atoms with Crippen molar-refractivity contribution < 1.29 is 9.47 Å². The summed E-state index contributed by atoms with van der Waals surface area (Å²) >= 11 is 0. The summed E-state index contributed by atoms with van der Waals surface area (Å²) in [7, 11) is 0. The molecule has 0 aliphatic heterocycles. The van der Waals surface area contributed by atoms with E-state index in [4.69, 9.17) is 9.47 Å². The fourth-order valence-corrected chi connectivity index (χ4v) is 1.37. The van der Waals surface area contributed by atoms with E-state index in [9.17, 15) is 4.79 Å². The molecule has 0 atom stereocenters. The fraction of sp³-hybridized carbons (Fsp3) is 0.636. The minimum Gasteiger partial charge on any atom is -0.353 e. The Morgan fingerprint density at radius 2 is 2.06 bits per heavy atom. The Bertz CT molecular complexity index is 345. The van der Waals surface area contributed by atoms with Crippen molar-refractivity contribution in [2.24, 2.45) is 0 Å². The van der Waals surface area contributed by atoms with Gasteiger partial charge < -0.3 is 9.47 Å². The molecule has 1 aromatic heterocycles. The summed E-state index contributed by atoms with van der Waals surface area (Å²) in [4.78, 5) is 11.4. The van der Waals surface area contributed by atoms with Gasteiger partial charge in [-0.2, -0.15) is 5.10 Å². The number of ether oxygens (including phenoxy) is 2. The normalized spacial score (nSPS) is 10.9. The van der Waals surface area contributed by atoms with E-state index in [0.717, 1.165) is 0 Å². The Kier molecular flexibility index (Phi) is 5.74. The van der Waals surface area contributed by atoms with Gasteiger partial charge in [-0.15, -0.1) is 0 Å². The lowest BCUT2D eigenvalue weighted by molar-refractivity contribution is -0.141. The van der Waals surface area contributed by atoms with Crippen molar-refractivity contribution in [1.82, 2.24) is 9.78 Å². The van der Waals surface area contributed by atoms with Crippen LogP contribution in [0, 0.1) is 0 Å². The van der Waals surface area contributed by atoms with Crippen LogP contribution in [0.2, 0.25) is 0 Å². The molecule has 1 rings (SSSR count). The molecule has 1 aromatic rings. The zero-order valence-electron chi connectivity index (χ0n) is 9.76. The maximum absolute atomic E-state index is 11.4. The van der Waals surface area contributed by atoms with E-state index in [2.05, 4.69) is 5.10 Å². The number of rotatable bonds is 7. The molecule has 0 fully saturated rings. The average Bonchev–Trinajstić information content (AvgIpc) is 2.28. The molecule has 16 heavy (non-hydrogen) atoms. The molecule has 0 unspecified atom stereocenters. The molecule has 0 amide bonds. The number of hydrogen-bond acceptors (Lipinski definition) is 4. The third-order valence-corrected chi connectivity index (χ3v) is 2.07. The van der Waals surface area contributed by atoms with E-state index in [0.29, 0.717) is 26.2 Å². The van der Waals surface area contributed by atoms with Crippen LogP contribution in [-0.4, -0.2) is 29.3 Å². The minimum atomic E-state index is -0.260. The number of aryl methyl sites for hydroxylation is 1. The number of aromatic nitrogens is 2. The van der Waals surface area contributed by atoms with Crippen LogP contribution in [0.3, 0.4) is 0 Å². The Labute approximate surface area is 95.0 Å². The third-order valence-electron chi connectivity index (χ3n) is 2.07. The molecule has 0 saturated carbocycles. The van der Waals surface area contributed by atoms with Crippen LogP contribution in [-0.2, 0) is 16.0 Å².